The van der Waals surface area contributed by atoms with E-state index in [4.69, 9.17) is 15.3 Å². The number of carbonyl (C=O) groups excluding carboxylic acids is 1. The van der Waals surface area contributed by atoms with Crippen molar-refractivity contribution in [1.82, 2.24) is 4.90 Å². The summed E-state index contributed by atoms with van der Waals surface area (Å²) in [5.41, 5.74) is 0. The maximum Gasteiger partial charge on any atom is 0.436 e. The number of aliphatic imine (C=N–C) groups is 1. The van der Waals surface area contributed by atoms with Gasteiger partial charge in [-0.2, -0.15) is 4.99 Å². The third-order valence-electron chi connectivity index (χ3n) is 1.55. The number of aliphatic hydroxyl groups is 3. The molecule has 0 aromatic heterocycles. The molecule has 0 saturated heterocycles. The monoisotopic (exact) mass is 252 g/mol. The molecule has 16 heavy (non-hydrogen) atoms. The summed E-state index contributed by atoms with van der Waals surface area (Å²) in [6.07, 6.45) is -2.33. The molecule has 7 nitrogen and oxygen atoms in total. The maximum atomic E-state index is 11.1. The van der Waals surface area contributed by atoms with E-state index in [1.165, 1.54) is 0 Å². The van der Waals surface area contributed by atoms with Crippen LogP contribution in [0.25, 0.3) is 0 Å². The molecule has 8 heteroatoms. The lowest BCUT2D eigenvalue weighted by Crippen LogP contribution is -2.51. The fraction of sp³-hybridized carbons (Fsp3) is 0.750. The van der Waals surface area contributed by atoms with Crippen LogP contribution in [0.1, 0.15) is 13.8 Å². The van der Waals surface area contributed by atoms with Gasteiger partial charge in [0.2, 0.25) is 0 Å². The molecular formula is C8H16N2O5S. The third kappa shape index (κ3) is 4.79. The standard InChI is InChI=1S/C8H16N2O5S/c1-4-10(8(12,13)14)6(16-3)9-7(11)15-5-2/h12-14H,4-5H2,1-3H3/b9-6-. The van der Waals surface area contributed by atoms with Gasteiger partial charge in [0, 0.05) is 6.54 Å². The lowest BCUT2D eigenvalue weighted by atomic mass is 10.6. The van der Waals surface area contributed by atoms with Crippen molar-refractivity contribution in [3.63, 3.8) is 0 Å². The summed E-state index contributed by atoms with van der Waals surface area (Å²) in [6.45, 7) is 3.41. The molecule has 0 saturated carbocycles. The fourth-order valence-electron chi connectivity index (χ4n) is 0.926. The molecular weight excluding hydrogens is 236 g/mol. The Morgan fingerprint density at radius 3 is 2.31 bits per heavy atom. The van der Waals surface area contributed by atoms with E-state index in [2.05, 4.69) is 9.73 Å². The molecule has 0 spiro atoms. The van der Waals surface area contributed by atoms with Crippen LogP contribution < -0.4 is 0 Å². The van der Waals surface area contributed by atoms with E-state index in [1.807, 2.05) is 0 Å². The smallest absolute Gasteiger partial charge is 0.436 e. The molecule has 0 unspecified atom stereocenters. The minimum absolute atomic E-state index is 0.0477. The second-order valence-corrected chi connectivity index (χ2v) is 3.42. The van der Waals surface area contributed by atoms with Crippen molar-refractivity contribution in [3.8, 4) is 0 Å². The largest absolute Gasteiger partial charge is 0.448 e. The average molecular weight is 252 g/mol. The van der Waals surface area contributed by atoms with Crippen LogP contribution >= 0.6 is 11.8 Å². The number of thioether (sulfide) groups is 1. The molecule has 0 aliphatic heterocycles. The fourth-order valence-corrected chi connectivity index (χ4v) is 1.56. The number of amidine groups is 1. The maximum absolute atomic E-state index is 11.1. The number of carbonyl (C=O) groups is 1. The quantitative estimate of drug-likeness (QED) is 0.362. The van der Waals surface area contributed by atoms with Gasteiger partial charge in [-0.1, -0.05) is 11.8 Å². The minimum atomic E-state index is -3.05. The predicted molar refractivity (Wildman–Crippen MR) is 59.7 cm³/mol. The highest BCUT2D eigenvalue weighted by Crippen LogP contribution is 2.13. The lowest BCUT2D eigenvalue weighted by Gasteiger charge is -2.30. The van der Waals surface area contributed by atoms with Crippen LogP contribution in [0.5, 0.6) is 0 Å². The molecule has 0 aliphatic rings. The Bertz CT molecular complexity index is 264. The summed E-state index contributed by atoms with van der Waals surface area (Å²) in [5.74, 6) is 0. The first-order valence-corrected chi connectivity index (χ1v) is 5.83. The number of nitrogens with zero attached hydrogens (tertiary/aromatic N) is 2. The van der Waals surface area contributed by atoms with E-state index in [1.54, 1.807) is 20.1 Å². The first kappa shape index (κ1) is 15.2. The summed E-state index contributed by atoms with van der Waals surface area (Å²) >= 11 is 0.979. The van der Waals surface area contributed by atoms with Crippen LogP contribution in [0.3, 0.4) is 0 Å². The summed E-state index contributed by atoms with van der Waals surface area (Å²) < 4.78 is 4.57. The van der Waals surface area contributed by atoms with E-state index in [0.717, 1.165) is 16.7 Å². The summed E-state index contributed by atoms with van der Waals surface area (Å²) in [6, 6.07) is 0. The van der Waals surface area contributed by atoms with Crippen LogP contribution in [0.4, 0.5) is 4.79 Å². The molecule has 0 rings (SSSR count). The van der Waals surface area contributed by atoms with Gasteiger partial charge in [-0.25, -0.2) is 4.79 Å². The van der Waals surface area contributed by atoms with Gasteiger partial charge in [0.1, 0.15) is 0 Å². The van der Waals surface area contributed by atoms with Gasteiger partial charge in [0.15, 0.2) is 5.17 Å². The number of hydrogen-bond donors (Lipinski definition) is 3. The van der Waals surface area contributed by atoms with Gasteiger partial charge in [-0.15, -0.1) is 0 Å². The van der Waals surface area contributed by atoms with Crippen molar-refractivity contribution in [2.24, 2.45) is 4.99 Å². The van der Waals surface area contributed by atoms with Gasteiger partial charge in [0.25, 0.3) is 0 Å². The molecule has 0 radical (unpaired) electrons. The number of ether oxygens (including phenoxy) is 1. The molecule has 0 atom stereocenters. The Morgan fingerprint density at radius 1 is 1.44 bits per heavy atom. The molecule has 94 valence electrons. The highest BCUT2D eigenvalue weighted by molar-refractivity contribution is 8.13. The third-order valence-corrected chi connectivity index (χ3v) is 2.22. The first-order chi connectivity index (χ1) is 7.36. The zero-order valence-corrected chi connectivity index (χ0v) is 10.2. The number of hydrogen-bond acceptors (Lipinski definition) is 6. The van der Waals surface area contributed by atoms with Crippen molar-refractivity contribution in [1.29, 1.82) is 0 Å². The molecule has 0 heterocycles. The Morgan fingerprint density at radius 2 is 2.00 bits per heavy atom. The molecule has 0 bridgehead atoms. The zero-order chi connectivity index (χ0) is 12.8. The van der Waals surface area contributed by atoms with Crippen molar-refractivity contribution in [2.75, 3.05) is 19.4 Å². The zero-order valence-electron chi connectivity index (χ0n) is 9.38. The summed E-state index contributed by atoms with van der Waals surface area (Å²) in [5, 5.41) is 27.0. The normalized spacial score (nSPS) is 12.5. The predicted octanol–water partition coefficient (Wildman–Crippen LogP) is -0.228. The van der Waals surface area contributed by atoms with Gasteiger partial charge < -0.3 is 20.1 Å². The van der Waals surface area contributed by atoms with Crippen molar-refractivity contribution in [2.45, 2.75) is 19.9 Å². The van der Waals surface area contributed by atoms with Gasteiger partial charge in [-0.05, 0) is 20.1 Å². The van der Waals surface area contributed by atoms with Crippen molar-refractivity contribution < 1.29 is 24.9 Å². The molecule has 0 aromatic rings. The van der Waals surface area contributed by atoms with Gasteiger partial charge in [-0.3, -0.25) is 4.90 Å². The van der Waals surface area contributed by atoms with Crippen LogP contribution in [0.2, 0.25) is 0 Å². The molecule has 0 aliphatic carbocycles. The van der Waals surface area contributed by atoms with E-state index >= 15 is 0 Å². The van der Waals surface area contributed by atoms with Crippen LogP contribution in [0.15, 0.2) is 4.99 Å². The Hall–Kier alpha value is -0.830. The van der Waals surface area contributed by atoms with Gasteiger partial charge >= 0.3 is 12.2 Å². The van der Waals surface area contributed by atoms with Crippen LogP contribution in [-0.2, 0) is 4.74 Å². The Kier molecular flexibility index (Phi) is 6.34. The summed E-state index contributed by atoms with van der Waals surface area (Å²) in [7, 11) is 0. The number of rotatable bonds is 3. The lowest BCUT2D eigenvalue weighted by molar-refractivity contribution is -0.373. The second-order valence-electron chi connectivity index (χ2n) is 2.64. The highest BCUT2D eigenvalue weighted by atomic mass is 32.2. The van der Waals surface area contributed by atoms with Crippen molar-refractivity contribution >= 4 is 23.0 Å². The Balaban J connectivity index is 4.88. The topological polar surface area (TPSA) is 103 Å². The molecule has 3 N–H and O–H groups in total. The van der Waals surface area contributed by atoms with E-state index < -0.39 is 12.2 Å². The van der Waals surface area contributed by atoms with E-state index in [9.17, 15) is 4.79 Å². The van der Waals surface area contributed by atoms with E-state index in [-0.39, 0.29) is 18.3 Å². The Labute approximate surface area is 97.7 Å². The van der Waals surface area contributed by atoms with Gasteiger partial charge in [0.05, 0.1) is 6.61 Å². The average Bonchev–Trinajstić information content (AvgIpc) is 2.15. The SMILES string of the molecule is CCOC(=O)/N=C(\SC)N(CC)C(O)(O)O. The molecule has 0 fully saturated rings. The first-order valence-electron chi connectivity index (χ1n) is 4.60. The van der Waals surface area contributed by atoms with Crippen LogP contribution in [-0.4, -0.2) is 57.0 Å². The van der Waals surface area contributed by atoms with Crippen molar-refractivity contribution in [3.05, 3.63) is 0 Å². The molecule has 1 amide bonds. The number of amides is 1. The van der Waals surface area contributed by atoms with E-state index in [0.29, 0.717) is 0 Å². The van der Waals surface area contributed by atoms with Crippen LogP contribution in [0, 0.1) is 0 Å². The molecule has 0 aromatic carbocycles. The second kappa shape index (κ2) is 6.69. The summed E-state index contributed by atoms with van der Waals surface area (Å²) in [4.78, 5) is 15.3. The highest BCUT2D eigenvalue weighted by Gasteiger charge is 2.31. The minimum Gasteiger partial charge on any atom is -0.448 e.